The fraction of sp³-hybridized carbons (Fsp3) is 0.588. The zero-order chi connectivity index (χ0) is 14.9. The number of piperidine rings is 1. The maximum Gasteiger partial charge on any atom is 0.282 e. The lowest BCUT2D eigenvalue weighted by Crippen LogP contribution is -2.54. The number of likely N-dealkylation sites (tertiary alicyclic amines) is 1. The molecule has 0 saturated carbocycles. The molecule has 0 atom stereocenters. The number of nitrogens with zero attached hydrogens (tertiary/aromatic N) is 2. The van der Waals surface area contributed by atoms with Crippen LogP contribution in [0.15, 0.2) is 18.2 Å². The zero-order valence-electron chi connectivity index (χ0n) is 13.0. The number of likely N-dealkylation sites (N-methyl/N-ethyl adjacent to an activating group) is 1. The number of anilines is 2. The third-order valence-corrected chi connectivity index (χ3v) is 4.94. The van der Waals surface area contributed by atoms with Crippen LogP contribution in [0.1, 0.15) is 31.2 Å². The predicted octanol–water partition coefficient (Wildman–Crippen LogP) is 2.18. The second-order valence-electron chi connectivity index (χ2n) is 6.82. The molecule has 1 aromatic rings. The molecule has 2 aliphatic rings. The van der Waals surface area contributed by atoms with Crippen molar-refractivity contribution in [3.8, 4) is 0 Å². The van der Waals surface area contributed by atoms with Gasteiger partial charge in [-0.15, -0.1) is 0 Å². The monoisotopic (exact) mass is 288 g/mol. The number of hydrogen-bond acceptors (Lipinski definition) is 2. The molecule has 3 rings (SSSR count). The minimum absolute atomic E-state index is 0.256. The number of hydrogen-bond donors (Lipinski definition) is 1. The van der Waals surface area contributed by atoms with E-state index >= 15 is 0 Å². The largest absolute Gasteiger partial charge is 0.399 e. The van der Waals surface area contributed by atoms with Crippen molar-refractivity contribution in [3.63, 3.8) is 0 Å². The molecule has 0 aliphatic carbocycles. The van der Waals surface area contributed by atoms with E-state index < -0.39 is 0 Å². The second-order valence-corrected chi connectivity index (χ2v) is 6.82. The number of carbonyl (C=O) groups excluding carboxylic acids is 1. The van der Waals surface area contributed by atoms with Gasteiger partial charge in [0.2, 0.25) is 0 Å². The van der Waals surface area contributed by atoms with Crippen molar-refractivity contribution >= 4 is 17.3 Å². The molecule has 21 heavy (non-hydrogen) atoms. The van der Waals surface area contributed by atoms with E-state index in [-0.39, 0.29) is 5.91 Å². The Bertz CT molecular complexity index is 535. The minimum atomic E-state index is 0.256. The molecule has 2 N–H and O–H groups in total. The van der Waals surface area contributed by atoms with Crippen molar-refractivity contribution in [2.45, 2.75) is 32.1 Å². The van der Waals surface area contributed by atoms with Gasteiger partial charge < -0.3 is 15.1 Å². The van der Waals surface area contributed by atoms with Gasteiger partial charge in [-0.3, -0.25) is 4.79 Å². The van der Waals surface area contributed by atoms with Crippen LogP contribution < -0.4 is 10.6 Å². The lowest BCUT2D eigenvalue weighted by atomic mass is 10.0. The summed E-state index contributed by atoms with van der Waals surface area (Å²) in [5.41, 5.74) is 8.95. The summed E-state index contributed by atoms with van der Waals surface area (Å²) in [6.45, 7) is 3.70. The number of rotatable bonds is 2. The van der Waals surface area contributed by atoms with E-state index in [0.29, 0.717) is 6.54 Å². The summed E-state index contributed by atoms with van der Waals surface area (Å²) in [6, 6.07) is 5.97. The number of nitrogens with two attached hydrogens (primary N) is 1. The fourth-order valence-electron chi connectivity index (χ4n) is 3.70. The van der Waals surface area contributed by atoms with Crippen LogP contribution in [-0.2, 0) is 11.2 Å². The van der Waals surface area contributed by atoms with E-state index in [2.05, 4.69) is 13.1 Å². The van der Waals surface area contributed by atoms with Gasteiger partial charge in [-0.25, -0.2) is 0 Å². The van der Waals surface area contributed by atoms with E-state index in [9.17, 15) is 4.79 Å². The van der Waals surface area contributed by atoms with Crippen molar-refractivity contribution in [3.05, 3.63) is 23.8 Å². The first-order valence-corrected chi connectivity index (χ1v) is 8.10. The van der Waals surface area contributed by atoms with Crippen molar-refractivity contribution in [1.29, 1.82) is 0 Å². The Balaban J connectivity index is 1.78. The molecule has 0 unspecified atom stereocenters. The lowest BCUT2D eigenvalue weighted by Gasteiger charge is -2.39. The Kier molecular flexibility index (Phi) is 3.89. The summed E-state index contributed by atoms with van der Waals surface area (Å²) in [5.74, 6) is 0.256. The third-order valence-electron chi connectivity index (χ3n) is 4.94. The third kappa shape index (κ3) is 3.05. The molecule has 2 aliphatic heterocycles. The van der Waals surface area contributed by atoms with Gasteiger partial charge >= 0.3 is 0 Å². The first-order chi connectivity index (χ1) is 10.1. The van der Waals surface area contributed by atoms with Crippen LogP contribution in [0.3, 0.4) is 0 Å². The highest BCUT2D eigenvalue weighted by molar-refractivity contribution is 5.95. The van der Waals surface area contributed by atoms with Crippen molar-refractivity contribution < 1.29 is 9.28 Å². The Morgan fingerprint density at radius 3 is 2.76 bits per heavy atom. The van der Waals surface area contributed by atoms with Crippen molar-refractivity contribution in [2.24, 2.45) is 0 Å². The van der Waals surface area contributed by atoms with E-state index in [0.717, 1.165) is 48.3 Å². The van der Waals surface area contributed by atoms with Gasteiger partial charge in [0.15, 0.2) is 6.54 Å². The molecule has 1 aromatic carbocycles. The highest BCUT2D eigenvalue weighted by Crippen LogP contribution is 2.29. The maximum atomic E-state index is 12.8. The standard InChI is InChI=1S/C17H26N3O/c1-20(10-3-2-4-11-20)13-17(21)19-9-5-6-14-7-8-15(18)12-16(14)19/h7-8,12H,2-6,9-11,13,18H2,1H3/q+1. The Morgan fingerprint density at radius 2 is 2.00 bits per heavy atom. The molecule has 2 heterocycles. The Labute approximate surface area is 127 Å². The van der Waals surface area contributed by atoms with E-state index in [1.165, 1.54) is 24.8 Å². The highest BCUT2D eigenvalue weighted by Gasteiger charge is 2.32. The number of benzene rings is 1. The smallest absolute Gasteiger partial charge is 0.282 e. The summed E-state index contributed by atoms with van der Waals surface area (Å²) in [5, 5.41) is 0. The maximum absolute atomic E-state index is 12.8. The van der Waals surface area contributed by atoms with Crippen LogP contribution in [0.4, 0.5) is 11.4 Å². The highest BCUT2D eigenvalue weighted by atomic mass is 16.2. The summed E-state index contributed by atoms with van der Waals surface area (Å²) < 4.78 is 0.896. The molecule has 4 nitrogen and oxygen atoms in total. The quantitative estimate of drug-likeness (QED) is 0.670. The summed E-state index contributed by atoms with van der Waals surface area (Å²) in [7, 11) is 2.22. The number of fused-ring (bicyclic) bond motifs is 1. The molecule has 1 saturated heterocycles. The SMILES string of the molecule is C[N+]1(CC(=O)N2CCCc3ccc(N)cc32)CCCCC1. The van der Waals surface area contributed by atoms with Gasteiger partial charge in [-0.2, -0.15) is 0 Å². The molecule has 1 fully saturated rings. The molecule has 0 spiro atoms. The van der Waals surface area contributed by atoms with Gasteiger partial charge in [0, 0.05) is 17.9 Å². The van der Waals surface area contributed by atoms with Crippen LogP contribution in [0.5, 0.6) is 0 Å². The van der Waals surface area contributed by atoms with Gasteiger partial charge in [0.1, 0.15) is 0 Å². The van der Waals surface area contributed by atoms with Gasteiger partial charge in [0.05, 0.1) is 20.1 Å². The topological polar surface area (TPSA) is 46.3 Å². The molecule has 0 aromatic heterocycles. The number of amides is 1. The summed E-state index contributed by atoms with van der Waals surface area (Å²) >= 11 is 0. The molecule has 0 bridgehead atoms. The molecular formula is C17H26N3O+. The number of aryl methyl sites for hydroxylation is 1. The normalized spacial score (nSPS) is 20.9. The van der Waals surface area contributed by atoms with Crippen LogP contribution in [0, 0.1) is 0 Å². The molecule has 4 heteroatoms. The summed E-state index contributed by atoms with van der Waals surface area (Å²) in [6.07, 6.45) is 5.89. The lowest BCUT2D eigenvalue weighted by molar-refractivity contribution is -0.906. The van der Waals surface area contributed by atoms with Gasteiger partial charge in [-0.1, -0.05) is 6.07 Å². The van der Waals surface area contributed by atoms with Crippen LogP contribution >= 0.6 is 0 Å². The molecule has 0 radical (unpaired) electrons. The van der Waals surface area contributed by atoms with Crippen LogP contribution in [0.2, 0.25) is 0 Å². The summed E-state index contributed by atoms with van der Waals surface area (Å²) in [4.78, 5) is 14.8. The van der Waals surface area contributed by atoms with Gasteiger partial charge in [-0.05, 0) is 49.8 Å². The van der Waals surface area contributed by atoms with Crippen LogP contribution in [-0.4, -0.2) is 43.6 Å². The van der Waals surface area contributed by atoms with Crippen molar-refractivity contribution in [1.82, 2.24) is 0 Å². The molecular weight excluding hydrogens is 262 g/mol. The fourth-order valence-corrected chi connectivity index (χ4v) is 3.70. The molecule has 1 amide bonds. The first kappa shape index (κ1) is 14.4. The average molecular weight is 288 g/mol. The van der Waals surface area contributed by atoms with E-state index in [4.69, 9.17) is 5.73 Å². The number of carbonyl (C=O) groups is 1. The van der Waals surface area contributed by atoms with Gasteiger partial charge in [0.25, 0.3) is 5.91 Å². The minimum Gasteiger partial charge on any atom is -0.399 e. The predicted molar refractivity (Wildman–Crippen MR) is 86.2 cm³/mol. The average Bonchev–Trinajstić information content (AvgIpc) is 2.46. The van der Waals surface area contributed by atoms with E-state index in [1.807, 2.05) is 17.0 Å². The first-order valence-electron chi connectivity index (χ1n) is 8.10. The molecule has 114 valence electrons. The number of quaternary nitrogens is 1. The Hall–Kier alpha value is -1.55. The Morgan fingerprint density at radius 1 is 1.24 bits per heavy atom. The van der Waals surface area contributed by atoms with Crippen molar-refractivity contribution in [2.75, 3.05) is 43.9 Å². The second kappa shape index (κ2) is 5.68. The zero-order valence-corrected chi connectivity index (χ0v) is 13.0. The van der Waals surface area contributed by atoms with Crippen LogP contribution in [0.25, 0.3) is 0 Å². The number of nitrogen functional groups attached to an aromatic ring is 1. The van der Waals surface area contributed by atoms with E-state index in [1.54, 1.807) is 0 Å².